The SMILES string of the molecule is CCCOc1ccc(-c2cnc(-c3ccc(C[C@H](NC(=O)c4ccc(C(C)(C)C)s4)C(=O)N4CC(C(=O)O)C4)cc3)nc2)cc1. The minimum absolute atomic E-state index is 0.0946. The molecule has 0 spiro atoms. The molecule has 10 heteroatoms. The maximum Gasteiger partial charge on any atom is 0.310 e. The van der Waals surface area contributed by atoms with Crippen molar-refractivity contribution in [3.8, 4) is 28.3 Å². The Bertz CT molecular complexity index is 1640. The summed E-state index contributed by atoms with van der Waals surface area (Å²) in [5.74, 6) is -0.715. The van der Waals surface area contributed by atoms with E-state index in [2.05, 4.69) is 43.0 Å². The van der Waals surface area contributed by atoms with Gasteiger partial charge in [-0.05, 0) is 47.2 Å². The molecule has 5 rings (SSSR count). The van der Waals surface area contributed by atoms with Crippen molar-refractivity contribution in [1.82, 2.24) is 20.2 Å². The number of nitrogens with one attached hydrogen (secondary N) is 1. The van der Waals surface area contributed by atoms with Crippen molar-refractivity contribution >= 4 is 29.1 Å². The van der Waals surface area contributed by atoms with Gasteiger partial charge < -0.3 is 20.1 Å². The lowest BCUT2D eigenvalue weighted by Crippen LogP contribution is -2.59. The van der Waals surface area contributed by atoms with Gasteiger partial charge in [-0.2, -0.15) is 0 Å². The maximum absolute atomic E-state index is 13.4. The smallest absolute Gasteiger partial charge is 0.310 e. The highest BCUT2D eigenvalue weighted by Crippen LogP contribution is 2.30. The Labute approximate surface area is 267 Å². The van der Waals surface area contributed by atoms with Crippen molar-refractivity contribution in [2.75, 3.05) is 19.7 Å². The van der Waals surface area contributed by atoms with Crippen LogP contribution in [0.25, 0.3) is 22.5 Å². The Hall–Kier alpha value is -4.57. The van der Waals surface area contributed by atoms with E-state index in [0.29, 0.717) is 17.3 Å². The Kier molecular flexibility index (Phi) is 9.63. The molecule has 0 aliphatic carbocycles. The lowest BCUT2D eigenvalue weighted by Gasteiger charge is -2.38. The molecule has 2 amide bonds. The molecule has 1 atom stereocenters. The van der Waals surface area contributed by atoms with Crippen LogP contribution < -0.4 is 10.1 Å². The van der Waals surface area contributed by atoms with Crippen LogP contribution in [0.1, 0.15) is 54.2 Å². The number of ether oxygens (including phenoxy) is 1. The molecule has 45 heavy (non-hydrogen) atoms. The molecule has 1 aliphatic heterocycles. The molecule has 4 aromatic rings. The van der Waals surface area contributed by atoms with E-state index in [1.165, 1.54) is 16.2 Å². The first kappa shape index (κ1) is 31.8. The Morgan fingerprint density at radius 1 is 0.956 bits per heavy atom. The number of hydrogen-bond donors (Lipinski definition) is 2. The number of rotatable bonds is 11. The number of aromatic nitrogens is 2. The third kappa shape index (κ3) is 7.75. The lowest BCUT2D eigenvalue weighted by molar-refractivity contribution is -0.153. The quantitative estimate of drug-likeness (QED) is 0.214. The highest BCUT2D eigenvalue weighted by atomic mass is 32.1. The van der Waals surface area contributed by atoms with Gasteiger partial charge in [-0.25, -0.2) is 9.97 Å². The van der Waals surface area contributed by atoms with Crippen molar-refractivity contribution in [2.24, 2.45) is 5.92 Å². The average molecular weight is 627 g/mol. The number of hydrogen-bond acceptors (Lipinski definition) is 7. The highest BCUT2D eigenvalue weighted by molar-refractivity contribution is 7.14. The summed E-state index contributed by atoms with van der Waals surface area (Å²) >= 11 is 1.41. The average Bonchev–Trinajstić information content (AvgIpc) is 3.51. The van der Waals surface area contributed by atoms with E-state index >= 15 is 0 Å². The second kappa shape index (κ2) is 13.6. The predicted octanol–water partition coefficient (Wildman–Crippen LogP) is 5.84. The van der Waals surface area contributed by atoms with Crippen LogP contribution in [0.2, 0.25) is 0 Å². The van der Waals surface area contributed by atoms with E-state index < -0.39 is 17.9 Å². The van der Waals surface area contributed by atoms with E-state index in [1.807, 2.05) is 54.6 Å². The summed E-state index contributed by atoms with van der Waals surface area (Å²) < 4.78 is 5.66. The molecule has 0 saturated carbocycles. The van der Waals surface area contributed by atoms with Gasteiger partial charge in [0.05, 0.1) is 17.4 Å². The number of likely N-dealkylation sites (tertiary alicyclic amines) is 1. The summed E-state index contributed by atoms with van der Waals surface area (Å²) in [6, 6.07) is 18.3. The summed E-state index contributed by atoms with van der Waals surface area (Å²) in [7, 11) is 0. The molecule has 1 aliphatic rings. The molecule has 2 N–H and O–H groups in total. The van der Waals surface area contributed by atoms with Gasteiger partial charge in [0.15, 0.2) is 5.82 Å². The van der Waals surface area contributed by atoms with Crippen molar-refractivity contribution in [1.29, 1.82) is 0 Å². The Morgan fingerprint density at radius 3 is 2.18 bits per heavy atom. The predicted molar refractivity (Wildman–Crippen MR) is 174 cm³/mol. The first-order valence-electron chi connectivity index (χ1n) is 15.1. The topological polar surface area (TPSA) is 122 Å². The first-order valence-corrected chi connectivity index (χ1v) is 15.9. The number of thiophene rings is 1. The molecule has 2 aromatic heterocycles. The minimum Gasteiger partial charge on any atom is -0.494 e. The van der Waals surface area contributed by atoms with Crippen LogP contribution in [0.3, 0.4) is 0 Å². The fraction of sp³-hybridized carbons (Fsp3) is 0.343. The van der Waals surface area contributed by atoms with E-state index in [9.17, 15) is 19.5 Å². The largest absolute Gasteiger partial charge is 0.494 e. The molecule has 0 bridgehead atoms. The van der Waals surface area contributed by atoms with E-state index in [0.717, 1.165) is 39.3 Å². The van der Waals surface area contributed by atoms with Crippen molar-refractivity contribution in [2.45, 2.75) is 52.0 Å². The zero-order valence-corrected chi connectivity index (χ0v) is 26.8. The van der Waals surface area contributed by atoms with Crippen molar-refractivity contribution in [3.63, 3.8) is 0 Å². The van der Waals surface area contributed by atoms with Crippen LogP contribution in [0, 0.1) is 5.92 Å². The van der Waals surface area contributed by atoms with Gasteiger partial charge in [0.25, 0.3) is 5.91 Å². The van der Waals surface area contributed by atoms with Gasteiger partial charge in [0.1, 0.15) is 11.8 Å². The number of carbonyl (C=O) groups excluding carboxylic acids is 2. The summed E-state index contributed by atoms with van der Waals surface area (Å²) in [6.07, 6.45) is 4.79. The molecule has 0 unspecified atom stereocenters. The number of aliphatic carboxylic acids is 1. The van der Waals surface area contributed by atoms with Crippen LogP contribution in [0.4, 0.5) is 0 Å². The fourth-order valence-electron chi connectivity index (χ4n) is 4.94. The summed E-state index contributed by atoms with van der Waals surface area (Å²) in [5, 5.41) is 12.2. The number of amides is 2. The van der Waals surface area contributed by atoms with Gasteiger partial charge in [-0.3, -0.25) is 14.4 Å². The number of nitrogens with zero attached hydrogens (tertiary/aromatic N) is 3. The molecule has 2 aromatic carbocycles. The molecule has 3 heterocycles. The molecule has 1 saturated heterocycles. The van der Waals surface area contributed by atoms with Crippen LogP contribution >= 0.6 is 11.3 Å². The van der Waals surface area contributed by atoms with Crippen LogP contribution in [0.5, 0.6) is 5.75 Å². The molecular formula is C35H38N4O5S. The van der Waals surface area contributed by atoms with Crippen LogP contribution in [-0.4, -0.2) is 63.5 Å². The first-order chi connectivity index (χ1) is 21.5. The normalized spacial score (nSPS) is 14.0. The minimum atomic E-state index is -0.923. The number of carbonyl (C=O) groups is 3. The maximum atomic E-state index is 13.4. The van der Waals surface area contributed by atoms with Crippen molar-refractivity contribution in [3.05, 3.63) is 88.4 Å². The third-order valence-electron chi connectivity index (χ3n) is 7.68. The summed E-state index contributed by atoms with van der Waals surface area (Å²) in [4.78, 5) is 50.2. The van der Waals surface area contributed by atoms with Crippen LogP contribution in [-0.2, 0) is 21.4 Å². The lowest BCUT2D eigenvalue weighted by atomic mass is 9.95. The summed E-state index contributed by atoms with van der Waals surface area (Å²) in [6.45, 7) is 9.28. The number of carboxylic acids is 1. The zero-order valence-electron chi connectivity index (χ0n) is 25.9. The Morgan fingerprint density at radius 2 is 1.60 bits per heavy atom. The van der Waals surface area contributed by atoms with Crippen molar-refractivity contribution < 1.29 is 24.2 Å². The molecule has 9 nitrogen and oxygen atoms in total. The second-order valence-corrected chi connectivity index (χ2v) is 13.4. The monoisotopic (exact) mass is 626 g/mol. The standard InChI is InChI=1S/C35H38N4O5S/c1-5-16-44-27-12-10-23(11-13-27)25-18-36-31(37-19-25)24-8-6-22(7-9-24)17-28(33(41)39-20-26(21-39)34(42)43)38-32(40)29-14-15-30(45-29)35(2,3)4/h6-15,18-19,26,28H,5,16-17,20-21H2,1-4H3,(H,38,40)(H,42,43)/t28-/m0/s1. The van der Waals surface area contributed by atoms with E-state index in [1.54, 1.807) is 18.5 Å². The van der Waals surface area contributed by atoms with Gasteiger partial charge in [0, 0.05) is 47.9 Å². The van der Waals surface area contributed by atoms with Gasteiger partial charge >= 0.3 is 5.97 Å². The number of benzene rings is 2. The van der Waals surface area contributed by atoms with Gasteiger partial charge in [-0.1, -0.05) is 64.1 Å². The molecular weight excluding hydrogens is 588 g/mol. The van der Waals surface area contributed by atoms with Gasteiger partial charge in [0.2, 0.25) is 5.91 Å². The third-order valence-corrected chi connectivity index (χ3v) is 9.19. The highest BCUT2D eigenvalue weighted by Gasteiger charge is 2.39. The second-order valence-electron chi connectivity index (χ2n) is 12.3. The Balaban J connectivity index is 1.28. The number of carboxylic acid groups (broad SMARTS) is 1. The molecule has 0 radical (unpaired) electrons. The van der Waals surface area contributed by atoms with Crippen LogP contribution in [0.15, 0.2) is 73.1 Å². The molecule has 234 valence electrons. The molecule has 1 fully saturated rings. The van der Waals surface area contributed by atoms with E-state index in [-0.39, 0.29) is 36.7 Å². The zero-order chi connectivity index (χ0) is 32.1. The van der Waals surface area contributed by atoms with E-state index in [4.69, 9.17) is 4.74 Å². The summed E-state index contributed by atoms with van der Waals surface area (Å²) in [5.41, 5.74) is 3.46. The van der Waals surface area contributed by atoms with Gasteiger partial charge in [-0.15, -0.1) is 11.3 Å². The fourth-order valence-corrected chi connectivity index (χ4v) is 5.91.